The molecule has 6 heterocycles. The molecule has 3 aliphatic heterocycles. The minimum absolute atomic E-state index is 0. The van der Waals surface area contributed by atoms with Crippen LogP contribution in [0.3, 0.4) is 0 Å². The number of hydrogen-bond donors (Lipinski definition) is 0. The van der Waals surface area contributed by atoms with Crippen LogP contribution in [0.1, 0.15) is 51.3 Å². The van der Waals surface area contributed by atoms with Crippen molar-refractivity contribution in [2.45, 2.75) is 45.4 Å². The molecule has 0 atom stereocenters. The van der Waals surface area contributed by atoms with E-state index in [0.29, 0.717) is 11.5 Å². The van der Waals surface area contributed by atoms with Gasteiger partial charge in [0.15, 0.2) is 0 Å². The zero-order valence-electron chi connectivity index (χ0n) is 42.4. The van der Waals surface area contributed by atoms with Crippen LogP contribution in [0.25, 0.3) is 72.3 Å². The maximum Gasteiger partial charge on any atom is 0.268 e. The van der Waals surface area contributed by atoms with Crippen molar-refractivity contribution in [1.82, 2.24) is 14.1 Å². The third-order valence-corrected chi connectivity index (χ3v) is 15.7. The van der Waals surface area contributed by atoms with Gasteiger partial charge in [-0.05, 0) is 90.5 Å². The summed E-state index contributed by atoms with van der Waals surface area (Å²) in [6, 6.07) is 73.5. The van der Waals surface area contributed by atoms with Gasteiger partial charge < -0.3 is 23.3 Å². The van der Waals surface area contributed by atoms with Gasteiger partial charge in [0.05, 0.1) is 16.7 Å². The van der Waals surface area contributed by atoms with Crippen molar-refractivity contribution >= 4 is 55.9 Å². The second-order valence-electron chi connectivity index (χ2n) is 21.5. The van der Waals surface area contributed by atoms with E-state index >= 15 is 0 Å². The first-order chi connectivity index (χ1) is 36.6. The van der Waals surface area contributed by atoms with E-state index in [1.165, 1.54) is 5.56 Å². The largest absolute Gasteiger partial charge is 0.510 e. The van der Waals surface area contributed by atoms with Gasteiger partial charge in [-0.25, -0.2) is 4.98 Å². The Bertz CT molecular complexity index is 4300. The van der Waals surface area contributed by atoms with E-state index in [0.717, 1.165) is 123 Å². The molecule has 9 heteroatoms. The summed E-state index contributed by atoms with van der Waals surface area (Å²) in [7, 11) is 0. The average molecular weight is 1160 g/mol. The first kappa shape index (κ1) is 46.1. The van der Waals surface area contributed by atoms with E-state index in [-0.39, 0.29) is 38.6 Å². The third kappa shape index (κ3) is 6.86. The van der Waals surface area contributed by atoms with Gasteiger partial charge in [0.2, 0.25) is 0 Å². The van der Waals surface area contributed by atoms with Crippen LogP contribution in [0.2, 0.25) is 0 Å². The van der Waals surface area contributed by atoms with Crippen molar-refractivity contribution in [1.29, 1.82) is 0 Å². The van der Waals surface area contributed by atoms with Crippen molar-refractivity contribution in [2.24, 2.45) is 0 Å². The SMILES string of the molecule is CC(C)(C)c1ccnc(-n2c3[c-]c(Oc4[c-]c5c(cc4)C(C)(C)c4cccc6c4n-5[c-][n+]6-c4c(-c5ccccc5)cccc4-c4ccccc4)ccc3c3c4c5c(cc32)Oc2ccccc2B5c2ccccc2O4)c1.[Pt]. The molecular formula is C67H47BN4O3Pt-2. The number of para-hydroxylation sites is 4. The molecule has 3 aliphatic rings. The molecular weight excluding hydrogens is 1110 g/mol. The molecule has 0 amide bonds. The van der Waals surface area contributed by atoms with Crippen molar-refractivity contribution in [3.63, 3.8) is 0 Å². The number of fused-ring (bicyclic) bond motifs is 10. The number of rotatable bonds is 6. The number of hydrogen-bond acceptors (Lipinski definition) is 4. The van der Waals surface area contributed by atoms with Crippen LogP contribution in [0.5, 0.6) is 34.5 Å². The Kier molecular flexibility index (Phi) is 10.3. The second-order valence-corrected chi connectivity index (χ2v) is 21.5. The molecule has 0 bridgehead atoms. The molecule has 0 N–H and O–H groups in total. The average Bonchev–Trinajstić information content (AvgIpc) is 4.02. The third-order valence-electron chi connectivity index (χ3n) is 15.7. The molecule has 12 aromatic rings. The van der Waals surface area contributed by atoms with E-state index < -0.39 is 0 Å². The Hall–Kier alpha value is -8.45. The molecule has 9 aromatic carbocycles. The van der Waals surface area contributed by atoms with Crippen molar-refractivity contribution in [3.05, 3.63) is 229 Å². The Morgan fingerprint density at radius 1 is 0.632 bits per heavy atom. The zero-order chi connectivity index (χ0) is 50.3. The van der Waals surface area contributed by atoms with E-state index in [4.69, 9.17) is 19.2 Å². The molecule has 3 aromatic heterocycles. The monoisotopic (exact) mass is 1160 g/mol. The van der Waals surface area contributed by atoms with Gasteiger partial charge in [0, 0.05) is 55.8 Å². The van der Waals surface area contributed by atoms with Gasteiger partial charge in [0.1, 0.15) is 28.8 Å². The standard InChI is InChI=1S/C67H47BN4O3.Pt/c1-66(2,3)43-34-35-69-60(36-43)72-54-37-44(30-32-48(54)61-56(72)39-59-62-65(61)75-58-29-15-13-26-52(58)68(62)51-25-12-14-28-57(51)74-59)73-45-31-33-49-55(38-45)71-40-70(53-27-17-24-50(64(53)71)67(49,4)5)63-46(41-18-8-6-9-19-41)22-16-23-47(63)42-20-10-7-11-21-42;/h6-36,39H,1-5H3;/q-2;. The molecule has 7 nitrogen and oxygen atoms in total. The molecule has 0 saturated carbocycles. The summed E-state index contributed by atoms with van der Waals surface area (Å²) in [5.74, 6) is 5.06. The second kappa shape index (κ2) is 17.0. The van der Waals surface area contributed by atoms with Gasteiger partial charge in [0.25, 0.3) is 13.0 Å². The molecule has 0 aliphatic carbocycles. The van der Waals surface area contributed by atoms with Crippen LogP contribution in [0.15, 0.2) is 194 Å². The molecule has 368 valence electrons. The summed E-state index contributed by atoms with van der Waals surface area (Å²) in [6.45, 7) is 11.2. The minimum atomic E-state index is -0.363. The number of ether oxygens (including phenoxy) is 3. The Balaban J connectivity index is 0.00000528. The summed E-state index contributed by atoms with van der Waals surface area (Å²) < 4.78 is 27.5. The quantitative estimate of drug-likeness (QED) is 0.0946. The zero-order valence-corrected chi connectivity index (χ0v) is 44.7. The first-order valence-electron chi connectivity index (χ1n) is 25.6. The predicted molar refractivity (Wildman–Crippen MR) is 299 cm³/mol. The van der Waals surface area contributed by atoms with Crippen molar-refractivity contribution < 1.29 is 39.8 Å². The topological polar surface area (TPSA) is 54.3 Å². The molecule has 0 unspecified atom stereocenters. The van der Waals surface area contributed by atoms with Crippen LogP contribution in [-0.2, 0) is 31.9 Å². The summed E-state index contributed by atoms with van der Waals surface area (Å²) in [5, 5.41) is 1.92. The predicted octanol–water partition coefficient (Wildman–Crippen LogP) is 13.6. The van der Waals surface area contributed by atoms with Gasteiger partial charge >= 0.3 is 0 Å². The Morgan fingerprint density at radius 3 is 1.99 bits per heavy atom. The van der Waals surface area contributed by atoms with Crippen LogP contribution >= 0.6 is 0 Å². The van der Waals surface area contributed by atoms with Gasteiger partial charge in [-0.1, -0.05) is 179 Å². The van der Waals surface area contributed by atoms with Gasteiger partial charge in [-0.15, -0.1) is 29.8 Å². The smallest absolute Gasteiger partial charge is 0.268 e. The number of nitrogens with zero attached hydrogens (tertiary/aromatic N) is 4. The maximum atomic E-state index is 7.05. The number of pyridine rings is 1. The molecule has 0 radical (unpaired) electrons. The van der Waals surface area contributed by atoms with E-state index in [1.807, 2.05) is 30.5 Å². The van der Waals surface area contributed by atoms with Crippen LogP contribution in [0, 0.1) is 18.5 Å². The normalized spacial score (nSPS) is 13.5. The van der Waals surface area contributed by atoms with Crippen LogP contribution < -0.4 is 35.2 Å². The minimum Gasteiger partial charge on any atom is -0.510 e. The van der Waals surface area contributed by atoms with Crippen molar-refractivity contribution in [2.75, 3.05) is 0 Å². The fourth-order valence-corrected chi connectivity index (χ4v) is 12.1. The summed E-state index contributed by atoms with van der Waals surface area (Å²) in [4.78, 5) is 5.05. The number of benzene rings is 9. The summed E-state index contributed by atoms with van der Waals surface area (Å²) in [5.41, 5.74) is 16.5. The molecule has 0 spiro atoms. The Morgan fingerprint density at radius 2 is 1.28 bits per heavy atom. The molecule has 0 fully saturated rings. The Labute approximate surface area is 456 Å². The van der Waals surface area contributed by atoms with E-state index in [2.05, 4.69) is 231 Å². The van der Waals surface area contributed by atoms with E-state index in [1.54, 1.807) is 0 Å². The van der Waals surface area contributed by atoms with Gasteiger partial charge in [-0.3, -0.25) is 4.57 Å². The fourth-order valence-electron chi connectivity index (χ4n) is 12.1. The maximum absolute atomic E-state index is 7.05. The summed E-state index contributed by atoms with van der Waals surface area (Å²) in [6.07, 6.45) is 5.79. The van der Waals surface area contributed by atoms with Crippen LogP contribution in [-0.4, -0.2) is 20.8 Å². The van der Waals surface area contributed by atoms with Gasteiger partial charge in [-0.2, -0.15) is 12.1 Å². The molecule has 0 saturated heterocycles. The summed E-state index contributed by atoms with van der Waals surface area (Å²) >= 11 is 0. The van der Waals surface area contributed by atoms with Crippen LogP contribution in [0.4, 0.5) is 0 Å². The number of aromatic nitrogens is 4. The number of imidazole rings is 1. The molecule has 15 rings (SSSR count). The van der Waals surface area contributed by atoms with Crippen molar-refractivity contribution in [3.8, 4) is 73.9 Å². The van der Waals surface area contributed by atoms with E-state index in [9.17, 15) is 0 Å². The first-order valence-corrected chi connectivity index (χ1v) is 25.6. The fraction of sp³-hybridized carbons (Fsp3) is 0.104. The molecule has 76 heavy (non-hydrogen) atoms.